The Bertz CT molecular complexity index is 3140. The molecule has 3 spiro atoms. The number of nitrogens with one attached hydrogen (secondary N) is 2. The normalized spacial score (nSPS) is 40.2. The van der Waals surface area contributed by atoms with Gasteiger partial charge in [0.2, 0.25) is 0 Å². The summed E-state index contributed by atoms with van der Waals surface area (Å²) in [5.74, 6) is 1.55. The Morgan fingerprint density at radius 3 is 2.44 bits per heavy atom. The molecule has 0 unspecified atom stereocenters. The summed E-state index contributed by atoms with van der Waals surface area (Å²) in [6, 6.07) is 18.8. The van der Waals surface area contributed by atoms with Crippen LogP contribution in [0.2, 0.25) is 0 Å². The Balaban J connectivity index is 1.000. The van der Waals surface area contributed by atoms with Gasteiger partial charge in [-0.05, 0) is 213 Å². The fourth-order valence-electron chi connectivity index (χ4n) is 22.9. The average Bonchev–Trinajstić information content (AvgIpc) is 2.03. The van der Waals surface area contributed by atoms with Crippen LogP contribution in [0.3, 0.4) is 0 Å². The SMILES string of the molecule is C=C1CC[C@@H](C(=O)O)[C@H]2[C@H](O)C[C@@]3([C@H]4CCC5(CCCC5)C4)C4=C(CC[C@]23C)[C@]23CC[C@H](O)[C@@]5(C)CC=C(CC(C)C)[C@@](C=C6C(=c7ccccc7=C[C@@H]62)Cc2cccc(c2)C2=CC=C(NCCC[C@H]1C1CCCCC1)NC2)(C4)[C@@H]53. The molecule has 18 rings (SSSR count). The minimum Gasteiger partial charge on any atom is -0.481 e. The van der Waals surface area contributed by atoms with Gasteiger partial charge in [-0.2, -0.15) is 0 Å². The number of aliphatic carboxylic acids is 1. The van der Waals surface area contributed by atoms with Crippen molar-refractivity contribution in [3.63, 3.8) is 0 Å². The maximum absolute atomic E-state index is 14.5. The predicted octanol–water partition coefficient (Wildman–Crippen LogP) is 14.2. The second-order valence-electron chi connectivity index (χ2n) is 30.1. The summed E-state index contributed by atoms with van der Waals surface area (Å²) < 4.78 is 0. The maximum Gasteiger partial charge on any atom is 0.306 e. The number of rotatable bonds is 5. The van der Waals surface area contributed by atoms with Gasteiger partial charge in [0.25, 0.3) is 0 Å². The van der Waals surface area contributed by atoms with Crippen LogP contribution in [-0.4, -0.2) is 46.6 Å². The van der Waals surface area contributed by atoms with Gasteiger partial charge in [0.05, 0.1) is 23.9 Å². The Morgan fingerprint density at radius 1 is 0.825 bits per heavy atom. The molecule has 2 aromatic carbocycles. The van der Waals surface area contributed by atoms with Crippen molar-refractivity contribution in [3.8, 4) is 0 Å². The fraction of sp³-hybridized carbons (Fsp3) is 0.635. The van der Waals surface area contributed by atoms with Gasteiger partial charge < -0.3 is 26.0 Å². The first-order valence-corrected chi connectivity index (χ1v) is 32.8. The maximum atomic E-state index is 14.5. The van der Waals surface area contributed by atoms with E-state index in [1.807, 2.05) is 0 Å². The van der Waals surface area contributed by atoms with E-state index in [2.05, 4.69) is 117 Å². The van der Waals surface area contributed by atoms with E-state index in [-0.39, 0.29) is 39.4 Å². The van der Waals surface area contributed by atoms with Crippen LogP contribution in [0, 0.1) is 79.8 Å². The van der Waals surface area contributed by atoms with Crippen LogP contribution >= 0.6 is 0 Å². The Morgan fingerprint density at radius 2 is 1.65 bits per heavy atom. The highest BCUT2D eigenvalue weighted by molar-refractivity contribution is 5.78. The van der Waals surface area contributed by atoms with E-state index in [1.165, 1.54) is 121 Å². The molecule has 16 aliphatic rings. The van der Waals surface area contributed by atoms with Crippen LogP contribution in [0.25, 0.3) is 17.2 Å². The molecule has 6 nitrogen and oxygen atoms in total. The lowest BCUT2D eigenvalue weighted by atomic mass is 9.29. The summed E-state index contributed by atoms with van der Waals surface area (Å²) in [6.45, 7) is 16.5. The van der Waals surface area contributed by atoms with Crippen molar-refractivity contribution in [1.29, 1.82) is 0 Å². The van der Waals surface area contributed by atoms with Gasteiger partial charge in [-0.25, -0.2) is 0 Å². The fourth-order valence-corrected chi connectivity index (χ4v) is 22.9. The molecule has 0 saturated heterocycles. The van der Waals surface area contributed by atoms with E-state index in [1.54, 1.807) is 16.7 Å². The molecule has 0 aromatic heterocycles. The van der Waals surface area contributed by atoms with Gasteiger partial charge in [0.1, 0.15) is 0 Å². The number of dihydropyridines is 1. The number of aliphatic hydroxyl groups is 2. The van der Waals surface area contributed by atoms with E-state index < -0.39 is 29.5 Å². The quantitative estimate of drug-likeness (QED) is 0.191. The third-order valence-electron chi connectivity index (χ3n) is 26.0. The highest BCUT2D eigenvalue weighted by atomic mass is 16.4. The molecule has 5 saturated carbocycles. The zero-order valence-corrected chi connectivity index (χ0v) is 49.3. The lowest BCUT2D eigenvalue weighted by molar-refractivity contribution is -0.167. The second-order valence-corrected chi connectivity index (χ2v) is 30.1. The van der Waals surface area contributed by atoms with Gasteiger partial charge in [-0.15, -0.1) is 0 Å². The molecule has 5 N–H and O–H groups in total. The third kappa shape index (κ3) is 7.97. The standard InChI is InChI=1S/C74H96N2O4/c1-46(2)37-53-26-32-69(4)64(78)29-35-73-60-28-33-70(5)66-57(67(79)80)24-22-47(3)55(49-16-7-6-8-17-49)21-14-36-75-65-25-23-52(45-76-65)50-19-13-15-48(38-50)39-58-56-20-10-9-18-51(56)40-61(73)59(58)42-72(53,68(69)73)43-62(60)74(70,44-63(66)77)54-27-34-71(41-54)30-11-12-31-71/h9-10,13,15,18-20,23,25-26,38,40,42,46,49,54-55,57,61,63-64,66,68,75-78H,3,6-8,11-12,14,16-17,21-22,24,27-37,39,41,43-45H2,1-2,4-5H3,(H,79,80)/t54-,55+,57+,61-,63+,64-,66-,68+,69+,70+,72+,73+,74+/m0/s1. The minimum absolute atomic E-state index is 0.132. The van der Waals surface area contributed by atoms with Gasteiger partial charge in [-0.1, -0.05) is 162 Å². The van der Waals surface area contributed by atoms with Crippen LogP contribution in [0.1, 0.15) is 193 Å². The van der Waals surface area contributed by atoms with Gasteiger partial charge in [0, 0.05) is 46.6 Å². The number of allylic oxidation sites excluding steroid dienone is 9. The molecule has 80 heavy (non-hydrogen) atoms. The number of aliphatic hydroxyl groups excluding tert-OH is 2. The summed E-state index contributed by atoms with van der Waals surface area (Å²) in [4.78, 5) is 14.5. The Hall–Kier alpha value is -4.39. The number of hydrogen-bond acceptors (Lipinski definition) is 5. The predicted molar refractivity (Wildman–Crippen MR) is 324 cm³/mol. The number of hydrogen-bond donors (Lipinski definition) is 5. The van der Waals surface area contributed by atoms with Crippen molar-refractivity contribution in [3.05, 3.63) is 135 Å². The molecule has 0 radical (unpaired) electrons. The van der Waals surface area contributed by atoms with Crippen LogP contribution in [0.15, 0.2) is 113 Å². The first kappa shape index (κ1) is 53.6. The van der Waals surface area contributed by atoms with E-state index in [4.69, 9.17) is 6.58 Å². The third-order valence-corrected chi connectivity index (χ3v) is 26.0. The second kappa shape index (κ2) is 19.9. The van der Waals surface area contributed by atoms with E-state index in [9.17, 15) is 20.1 Å². The molecule has 10 aliphatic carbocycles. The topological polar surface area (TPSA) is 102 Å². The van der Waals surface area contributed by atoms with E-state index in [0.29, 0.717) is 48.3 Å². The molecule has 6 heteroatoms. The summed E-state index contributed by atoms with van der Waals surface area (Å²) in [7, 11) is 0. The molecular formula is C74H96N2O4. The lowest BCUT2D eigenvalue weighted by Crippen LogP contribution is -2.69. The first-order chi connectivity index (χ1) is 38.6. The van der Waals surface area contributed by atoms with E-state index in [0.717, 1.165) is 83.1 Å². The molecule has 13 atom stereocenters. The number of fused-ring (bicyclic) bond motifs is 1. The lowest BCUT2D eigenvalue weighted by Gasteiger charge is -2.74. The van der Waals surface area contributed by atoms with Crippen LogP contribution in [0.5, 0.6) is 0 Å². The number of carboxylic acid groups (broad SMARTS) is 1. The van der Waals surface area contributed by atoms with E-state index >= 15 is 0 Å². The summed E-state index contributed by atoms with van der Waals surface area (Å²) in [6.07, 6.45) is 38.3. The molecule has 2 aromatic rings. The smallest absolute Gasteiger partial charge is 0.306 e. The number of carbonyl (C=O) groups is 1. The number of benzene rings is 2. The van der Waals surface area contributed by atoms with Crippen LogP contribution in [-0.2, 0) is 11.2 Å². The van der Waals surface area contributed by atoms with Crippen molar-refractivity contribution >= 4 is 23.2 Å². The van der Waals surface area contributed by atoms with Crippen molar-refractivity contribution in [2.24, 2.45) is 79.8 Å². The molecule has 0 amide bonds. The van der Waals surface area contributed by atoms with Gasteiger partial charge >= 0.3 is 5.97 Å². The molecule has 426 valence electrons. The monoisotopic (exact) mass is 1080 g/mol. The summed E-state index contributed by atoms with van der Waals surface area (Å²) in [5, 5.41) is 48.5. The molecule has 5 fully saturated rings. The van der Waals surface area contributed by atoms with Crippen molar-refractivity contribution < 1.29 is 20.1 Å². The Kier molecular flexibility index (Phi) is 13.3. The van der Waals surface area contributed by atoms with Gasteiger partial charge in [0.15, 0.2) is 0 Å². The summed E-state index contributed by atoms with van der Waals surface area (Å²) in [5.41, 5.74) is 11.9. The molecular weight excluding hydrogens is 981 g/mol. The first-order valence-electron chi connectivity index (χ1n) is 32.8. The Labute approximate surface area is 479 Å². The van der Waals surface area contributed by atoms with Crippen molar-refractivity contribution in [2.75, 3.05) is 13.1 Å². The van der Waals surface area contributed by atoms with Crippen molar-refractivity contribution in [1.82, 2.24) is 10.6 Å². The van der Waals surface area contributed by atoms with Crippen LogP contribution in [0.4, 0.5) is 0 Å². The molecule has 6 aliphatic heterocycles. The van der Waals surface area contributed by atoms with Crippen molar-refractivity contribution in [2.45, 2.75) is 200 Å². The van der Waals surface area contributed by atoms with Crippen LogP contribution < -0.4 is 21.1 Å². The largest absolute Gasteiger partial charge is 0.481 e. The summed E-state index contributed by atoms with van der Waals surface area (Å²) >= 11 is 0. The minimum atomic E-state index is -0.713. The molecule has 6 heterocycles. The highest BCUT2D eigenvalue weighted by Crippen LogP contribution is 2.83. The zero-order chi connectivity index (χ0) is 55.0. The highest BCUT2D eigenvalue weighted by Gasteiger charge is 2.77. The van der Waals surface area contributed by atoms with Gasteiger partial charge in [-0.3, -0.25) is 4.79 Å². The molecule has 14 bridgehead atoms. The average molecular weight is 1080 g/mol. The zero-order valence-electron chi connectivity index (χ0n) is 49.3. The number of carboxylic acids is 1.